The maximum atomic E-state index is 11.8. The fourth-order valence-corrected chi connectivity index (χ4v) is 2.31. The number of thiol groups is 1. The fraction of sp³-hybridized carbons (Fsp3) is 0.500. The molecule has 1 rings (SSSR count). The molecule has 2 amide bonds. The molecule has 1 aromatic rings. The van der Waals surface area contributed by atoms with Crippen molar-refractivity contribution in [2.45, 2.75) is 44.2 Å². The van der Waals surface area contributed by atoms with E-state index in [9.17, 15) is 9.59 Å². The number of hydrogen-bond acceptors (Lipinski definition) is 4. The molecule has 0 aliphatic rings. The highest BCUT2D eigenvalue weighted by Gasteiger charge is 2.21. The second-order valence-corrected chi connectivity index (χ2v) is 6.53. The van der Waals surface area contributed by atoms with E-state index in [0.29, 0.717) is 4.88 Å². The molecule has 1 unspecified atom stereocenters. The first kappa shape index (κ1) is 15.0. The Morgan fingerprint density at radius 1 is 1.39 bits per heavy atom. The lowest BCUT2D eigenvalue weighted by Crippen LogP contribution is -2.50. The molecule has 1 atom stereocenters. The molecule has 2 N–H and O–H groups in total. The highest BCUT2D eigenvalue weighted by molar-refractivity contribution is 7.80. The van der Waals surface area contributed by atoms with Gasteiger partial charge in [0, 0.05) is 15.8 Å². The molecule has 4 nitrogen and oxygen atoms in total. The number of carbonyl (C=O) groups excluding carboxylic acids is 2. The Hall–Kier alpha value is -1.01. The topological polar surface area (TPSA) is 58.2 Å². The molecule has 0 fully saturated rings. The minimum Gasteiger partial charge on any atom is -0.350 e. The highest BCUT2D eigenvalue weighted by Crippen LogP contribution is 2.17. The number of nitrogens with one attached hydrogen (secondary N) is 2. The van der Waals surface area contributed by atoms with E-state index in [4.69, 9.17) is 0 Å². The van der Waals surface area contributed by atoms with Gasteiger partial charge in [-0.2, -0.15) is 0 Å². The van der Waals surface area contributed by atoms with E-state index in [1.54, 1.807) is 18.4 Å². The van der Waals surface area contributed by atoms with Gasteiger partial charge in [0.2, 0.25) is 5.91 Å². The van der Waals surface area contributed by atoms with Crippen LogP contribution in [0.1, 0.15) is 37.4 Å². The molecule has 0 radical (unpaired) electrons. The predicted molar refractivity (Wildman–Crippen MR) is 76.4 cm³/mol. The van der Waals surface area contributed by atoms with Crippen LogP contribution in [0, 0.1) is 0 Å². The Balaban J connectivity index is 2.57. The zero-order valence-electron chi connectivity index (χ0n) is 10.9. The van der Waals surface area contributed by atoms with Crippen LogP contribution >= 0.6 is 24.0 Å². The largest absolute Gasteiger partial charge is 0.350 e. The molecule has 6 heteroatoms. The monoisotopic (exact) mass is 286 g/mol. The van der Waals surface area contributed by atoms with Crippen molar-refractivity contribution >= 4 is 35.8 Å². The van der Waals surface area contributed by atoms with Crippen molar-refractivity contribution in [2.75, 3.05) is 0 Å². The Kier molecular flexibility index (Phi) is 4.81. The summed E-state index contributed by atoms with van der Waals surface area (Å²) in [5.41, 5.74) is -0.308. The summed E-state index contributed by atoms with van der Waals surface area (Å²) < 4.78 is 0. The van der Waals surface area contributed by atoms with Crippen LogP contribution in [0.3, 0.4) is 0 Å². The number of amides is 2. The average Bonchev–Trinajstić information content (AvgIpc) is 2.62. The maximum Gasteiger partial charge on any atom is 0.262 e. The Labute approximate surface area is 117 Å². The minimum atomic E-state index is -0.567. The van der Waals surface area contributed by atoms with Gasteiger partial charge < -0.3 is 10.6 Å². The summed E-state index contributed by atoms with van der Waals surface area (Å²) in [7, 11) is 0. The van der Waals surface area contributed by atoms with Crippen LogP contribution in [-0.2, 0) is 4.79 Å². The second-order valence-electron chi connectivity index (χ2n) is 5.10. The molecule has 100 valence electrons. The summed E-state index contributed by atoms with van der Waals surface area (Å²) in [6.07, 6.45) is 0. The third kappa shape index (κ3) is 4.70. The van der Waals surface area contributed by atoms with Gasteiger partial charge in [0.25, 0.3) is 5.91 Å². The Bertz CT molecular complexity index is 449. The first-order valence-electron chi connectivity index (χ1n) is 5.59. The van der Waals surface area contributed by atoms with E-state index in [2.05, 4.69) is 23.3 Å². The molecule has 0 spiro atoms. The van der Waals surface area contributed by atoms with Crippen LogP contribution in [0.25, 0.3) is 0 Å². The number of rotatable bonds is 3. The van der Waals surface area contributed by atoms with E-state index in [0.717, 1.165) is 4.90 Å². The van der Waals surface area contributed by atoms with Gasteiger partial charge in [0.1, 0.15) is 6.04 Å². The quantitative estimate of drug-likeness (QED) is 0.745. The molecule has 0 aliphatic heterocycles. The highest BCUT2D eigenvalue weighted by atomic mass is 32.1. The standard InChI is InChI=1S/C12H18N2O2S2/c1-7(10(15)14-12(2,3)4)13-11(16)9-5-8(17)6-18-9/h5-7,17H,1-4H3,(H,13,16)(H,14,15). The lowest BCUT2D eigenvalue weighted by atomic mass is 10.1. The van der Waals surface area contributed by atoms with Crippen LogP contribution in [0.5, 0.6) is 0 Å². The second kappa shape index (κ2) is 5.75. The van der Waals surface area contributed by atoms with Crippen LogP contribution in [-0.4, -0.2) is 23.4 Å². The molecule has 18 heavy (non-hydrogen) atoms. The Morgan fingerprint density at radius 3 is 2.44 bits per heavy atom. The van der Waals surface area contributed by atoms with Crippen molar-refractivity contribution in [3.63, 3.8) is 0 Å². The number of hydrogen-bond donors (Lipinski definition) is 3. The summed E-state index contributed by atoms with van der Waals surface area (Å²) in [6, 6.07) is 1.11. The van der Waals surface area contributed by atoms with E-state index in [1.807, 2.05) is 20.8 Å². The lowest BCUT2D eigenvalue weighted by molar-refractivity contribution is -0.124. The summed E-state index contributed by atoms with van der Waals surface area (Å²) in [5, 5.41) is 7.25. The van der Waals surface area contributed by atoms with Crippen LogP contribution in [0.15, 0.2) is 16.3 Å². The third-order valence-corrected chi connectivity index (χ3v) is 3.41. The van der Waals surface area contributed by atoms with Crippen molar-refractivity contribution in [1.82, 2.24) is 10.6 Å². The first-order valence-corrected chi connectivity index (χ1v) is 6.92. The van der Waals surface area contributed by atoms with Crippen molar-refractivity contribution in [3.05, 3.63) is 16.3 Å². The van der Waals surface area contributed by atoms with Crippen molar-refractivity contribution in [3.8, 4) is 0 Å². The van der Waals surface area contributed by atoms with E-state index < -0.39 is 6.04 Å². The zero-order valence-corrected chi connectivity index (χ0v) is 12.6. The lowest BCUT2D eigenvalue weighted by Gasteiger charge is -2.23. The van der Waals surface area contributed by atoms with Gasteiger partial charge in [-0.15, -0.1) is 24.0 Å². The van der Waals surface area contributed by atoms with Gasteiger partial charge >= 0.3 is 0 Å². The van der Waals surface area contributed by atoms with Crippen LogP contribution < -0.4 is 10.6 Å². The number of thiophene rings is 1. The summed E-state index contributed by atoms with van der Waals surface area (Å²) in [5.74, 6) is -0.449. The first-order chi connectivity index (χ1) is 8.19. The molecule has 1 heterocycles. The zero-order chi connectivity index (χ0) is 13.9. The molecule has 1 aromatic heterocycles. The van der Waals surface area contributed by atoms with Crippen LogP contribution in [0.4, 0.5) is 0 Å². The van der Waals surface area contributed by atoms with Gasteiger partial charge in [0.15, 0.2) is 0 Å². The van der Waals surface area contributed by atoms with Crippen molar-refractivity contribution in [2.24, 2.45) is 0 Å². The van der Waals surface area contributed by atoms with Gasteiger partial charge in [0.05, 0.1) is 4.88 Å². The summed E-state index contributed by atoms with van der Waals surface area (Å²) in [6.45, 7) is 7.35. The fourth-order valence-electron chi connectivity index (χ4n) is 1.26. The predicted octanol–water partition coefficient (Wildman–Crippen LogP) is 2.07. The average molecular weight is 286 g/mol. The number of carbonyl (C=O) groups is 2. The third-order valence-electron chi connectivity index (χ3n) is 2.05. The summed E-state index contributed by atoms with van der Waals surface area (Å²) in [4.78, 5) is 24.9. The normalized spacial score (nSPS) is 12.9. The smallest absolute Gasteiger partial charge is 0.262 e. The molecule has 0 bridgehead atoms. The van der Waals surface area contributed by atoms with Crippen LogP contribution in [0.2, 0.25) is 0 Å². The van der Waals surface area contributed by atoms with Crippen molar-refractivity contribution in [1.29, 1.82) is 0 Å². The van der Waals surface area contributed by atoms with Gasteiger partial charge in [-0.05, 0) is 33.8 Å². The van der Waals surface area contributed by atoms with E-state index in [1.165, 1.54) is 11.3 Å². The van der Waals surface area contributed by atoms with Gasteiger partial charge in [-0.1, -0.05) is 0 Å². The van der Waals surface area contributed by atoms with E-state index in [-0.39, 0.29) is 17.4 Å². The molecule has 0 saturated carbocycles. The molecule has 0 saturated heterocycles. The minimum absolute atomic E-state index is 0.196. The molecular formula is C12H18N2O2S2. The summed E-state index contributed by atoms with van der Waals surface area (Å²) >= 11 is 5.44. The van der Waals surface area contributed by atoms with E-state index >= 15 is 0 Å². The molecule has 0 aliphatic carbocycles. The van der Waals surface area contributed by atoms with Gasteiger partial charge in [-0.3, -0.25) is 9.59 Å². The van der Waals surface area contributed by atoms with Crippen molar-refractivity contribution < 1.29 is 9.59 Å². The molecular weight excluding hydrogens is 268 g/mol. The maximum absolute atomic E-state index is 11.8. The van der Waals surface area contributed by atoms with Gasteiger partial charge in [-0.25, -0.2) is 0 Å². The Morgan fingerprint density at radius 2 is 2.00 bits per heavy atom. The molecule has 0 aromatic carbocycles. The SMILES string of the molecule is CC(NC(=O)c1cc(S)cs1)C(=O)NC(C)(C)C.